The minimum atomic E-state index is 0.146. The van der Waals surface area contributed by atoms with Crippen LogP contribution in [0.25, 0.3) is 11.6 Å². The van der Waals surface area contributed by atoms with Crippen LogP contribution in [0.1, 0.15) is 33.9 Å². The molecule has 4 aromatic rings. The summed E-state index contributed by atoms with van der Waals surface area (Å²) in [5.74, 6) is 0. The molecule has 0 aliphatic carbocycles. The van der Waals surface area contributed by atoms with E-state index >= 15 is 0 Å². The quantitative estimate of drug-likeness (QED) is 0.327. The first-order valence-corrected chi connectivity index (χ1v) is 11.0. The van der Waals surface area contributed by atoms with Gasteiger partial charge >= 0.3 is 0 Å². The molecule has 0 bridgehead atoms. The summed E-state index contributed by atoms with van der Waals surface area (Å²) in [5, 5.41) is 0.767. The van der Waals surface area contributed by atoms with Crippen LogP contribution in [0.3, 0.4) is 0 Å². The Kier molecular flexibility index (Phi) is 5.71. The van der Waals surface area contributed by atoms with Crippen molar-refractivity contribution in [3.63, 3.8) is 0 Å². The van der Waals surface area contributed by atoms with E-state index in [1.165, 1.54) is 33.4 Å². The Morgan fingerprint density at radius 3 is 2.13 bits per heavy atom. The first-order valence-electron chi connectivity index (χ1n) is 10.7. The highest BCUT2D eigenvalue weighted by Crippen LogP contribution is 2.43. The maximum absolute atomic E-state index is 6.24. The van der Waals surface area contributed by atoms with Crippen molar-refractivity contribution in [3.05, 3.63) is 142 Å². The van der Waals surface area contributed by atoms with Gasteiger partial charge in [-0.2, -0.15) is 0 Å². The van der Waals surface area contributed by atoms with Gasteiger partial charge in [0.1, 0.15) is 0 Å². The van der Waals surface area contributed by atoms with Crippen LogP contribution in [-0.4, -0.2) is 4.90 Å². The number of nitrogens with zero attached hydrogens (tertiary/aromatic N) is 1. The lowest BCUT2D eigenvalue weighted by molar-refractivity contribution is 0.211. The Hall–Kier alpha value is -3.13. The van der Waals surface area contributed by atoms with Gasteiger partial charge in [-0.05, 0) is 51.6 Å². The van der Waals surface area contributed by atoms with Crippen LogP contribution in [0, 0.1) is 0 Å². The summed E-state index contributed by atoms with van der Waals surface area (Å²) in [6, 6.07) is 38.6. The molecule has 2 heteroatoms. The number of hydrogen-bond acceptors (Lipinski definition) is 1. The SMILES string of the molecule is Clc1ccc(C2/C(=C\c3ccccc3)c3ccccc3CN2Cc2ccccc2)cc1. The zero-order chi connectivity index (χ0) is 21.0. The van der Waals surface area contributed by atoms with Gasteiger partial charge in [-0.15, -0.1) is 0 Å². The second kappa shape index (κ2) is 8.93. The van der Waals surface area contributed by atoms with Gasteiger partial charge in [0.25, 0.3) is 0 Å². The summed E-state index contributed by atoms with van der Waals surface area (Å²) < 4.78 is 0. The van der Waals surface area contributed by atoms with Crippen molar-refractivity contribution in [2.45, 2.75) is 19.1 Å². The van der Waals surface area contributed by atoms with Gasteiger partial charge in [-0.3, -0.25) is 4.90 Å². The van der Waals surface area contributed by atoms with Gasteiger partial charge in [0.2, 0.25) is 0 Å². The van der Waals surface area contributed by atoms with Crippen LogP contribution < -0.4 is 0 Å². The number of benzene rings is 4. The van der Waals surface area contributed by atoms with E-state index in [1.807, 2.05) is 12.1 Å². The molecule has 4 aromatic carbocycles. The van der Waals surface area contributed by atoms with Gasteiger partial charge in [-0.25, -0.2) is 0 Å². The van der Waals surface area contributed by atoms with Crippen LogP contribution in [0.4, 0.5) is 0 Å². The Balaban J connectivity index is 1.67. The normalized spacial score (nSPS) is 17.5. The lowest BCUT2D eigenvalue weighted by atomic mass is 9.83. The van der Waals surface area contributed by atoms with Crippen LogP contribution in [0.2, 0.25) is 5.02 Å². The molecule has 0 saturated carbocycles. The van der Waals surface area contributed by atoms with E-state index < -0.39 is 0 Å². The Morgan fingerprint density at radius 1 is 0.742 bits per heavy atom. The third kappa shape index (κ3) is 4.34. The summed E-state index contributed by atoms with van der Waals surface area (Å²) in [5.41, 5.74) is 7.82. The first kappa shape index (κ1) is 19.8. The van der Waals surface area contributed by atoms with Crippen LogP contribution in [-0.2, 0) is 13.1 Å². The van der Waals surface area contributed by atoms with E-state index in [1.54, 1.807) is 0 Å². The van der Waals surface area contributed by atoms with Gasteiger partial charge in [0.05, 0.1) is 6.04 Å². The van der Waals surface area contributed by atoms with Crippen molar-refractivity contribution >= 4 is 23.3 Å². The van der Waals surface area contributed by atoms with E-state index in [4.69, 9.17) is 11.6 Å². The first-order chi connectivity index (χ1) is 15.3. The summed E-state index contributed by atoms with van der Waals surface area (Å²) in [7, 11) is 0. The van der Waals surface area contributed by atoms with Crippen molar-refractivity contribution in [2.75, 3.05) is 0 Å². The Labute approximate surface area is 189 Å². The second-order valence-corrected chi connectivity index (χ2v) is 8.45. The van der Waals surface area contributed by atoms with E-state index in [0.717, 1.165) is 18.1 Å². The van der Waals surface area contributed by atoms with Gasteiger partial charge < -0.3 is 0 Å². The van der Waals surface area contributed by atoms with Crippen molar-refractivity contribution in [1.29, 1.82) is 0 Å². The molecule has 1 nitrogen and oxygen atoms in total. The van der Waals surface area contributed by atoms with E-state index in [0.29, 0.717) is 0 Å². The van der Waals surface area contributed by atoms with Crippen LogP contribution >= 0.6 is 11.6 Å². The topological polar surface area (TPSA) is 3.24 Å². The van der Waals surface area contributed by atoms with E-state index in [-0.39, 0.29) is 6.04 Å². The minimum absolute atomic E-state index is 0.146. The maximum Gasteiger partial charge on any atom is 0.0614 e. The van der Waals surface area contributed by atoms with Crippen molar-refractivity contribution in [3.8, 4) is 0 Å². The molecule has 0 aromatic heterocycles. The third-order valence-electron chi connectivity index (χ3n) is 5.90. The molecule has 31 heavy (non-hydrogen) atoms. The smallest absolute Gasteiger partial charge is 0.0614 e. The van der Waals surface area contributed by atoms with Gasteiger partial charge in [-0.1, -0.05) is 109 Å². The molecular formula is C29H24ClN. The van der Waals surface area contributed by atoms with E-state index in [9.17, 15) is 0 Å². The molecular weight excluding hydrogens is 398 g/mol. The lowest BCUT2D eigenvalue weighted by Gasteiger charge is -2.39. The molecule has 0 spiro atoms. The number of rotatable bonds is 4. The third-order valence-corrected chi connectivity index (χ3v) is 6.15. The van der Waals surface area contributed by atoms with Crippen molar-refractivity contribution in [1.82, 2.24) is 4.90 Å². The summed E-state index contributed by atoms with van der Waals surface area (Å²) in [6.07, 6.45) is 2.34. The molecule has 0 fully saturated rings. The van der Waals surface area contributed by atoms with Crippen molar-refractivity contribution < 1.29 is 0 Å². The average molecular weight is 422 g/mol. The fourth-order valence-electron chi connectivity index (χ4n) is 4.48. The standard InChI is InChI=1S/C29H24ClN/c30-26-17-15-24(16-18-26)29-28(19-22-9-3-1-4-10-22)27-14-8-7-13-25(27)21-31(29)20-23-11-5-2-6-12-23/h1-19,29H,20-21H2/b28-19-. The molecule has 0 N–H and O–H groups in total. The number of fused-ring (bicyclic) bond motifs is 1. The summed E-state index contributed by atoms with van der Waals surface area (Å²) in [4.78, 5) is 2.57. The highest BCUT2D eigenvalue weighted by Gasteiger charge is 2.31. The average Bonchev–Trinajstić information content (AvgIpc) is 2.81. The monoisotopic (exact) mass is 421 g/mol. The molecule has 0 amide bonds. The van der Waals surface area contributed by atoms with Gasteiger partial charge in [0, 0.05) is 18.1 Å². The Morgan fingerprint density at radius 2 is 1.39 bits per heavy atom. The van der Waals surface area contributed by atoms with Crippen LogP contribution in [0.5, 0.6) is 0 Å². The maximum atomic E-state index is 6.24. The highest BCUT2D eigenvalue weighted by atomic mass is 35.5. The van der Waals surface area contributed by atoms with Crippen LogP contribution in [0.15, 0.2) is 109 Å². The molecule has 152 valence electrons. The number of halogens is 1. The van der Waals surface area contributed by atoms with Crippen molar-refractivity contribution in [2.24, 2.45) is 0 Å². The molecule has 1 aliphatic heterocycles. The number of hydrogen-bond donors (Lipinski definition) is 0. The largest absolute Gasteiger partial charge is 0.284 e. The van der Waals surface area contributed by atoms with Gasteiger partial charge in [0.15, 0.2) is 0 Å². The molecule has 1 atom stereocenters. The molecule has 0 radical (unpaired) electrons. The van der Waals surface area contributed by atoms with E-state index in [2.05, 4.69) is 108 Å². The highest BCUT2D eigenvalue weighted by molar-refractivity contribution is 6.30. The molecule has 1 unspecified atom stereocenters. The molecule has 1 heterocycles. The molecule has 0 saturated heterocycles. The Bertz CT molecular complexity index is 1180. The predicted molar refractivity (Wildman–Crippen MR) is 131 cm³/mol. The summed E-state index contributed by atoms with van der Waals surface area (Å²) in [6.45, 7) is 1.79. The summed E-state index contributed by atoms with van der Waals surface area (Å²) >= 11 is 6.24. The fourth-order valence-corrected chi connectivity index (χ4v) is 4.61. The molecule has 1 aliphatic rings. The minimum Gasteiger partial charge on any atom is -0.284 e. The lowest BCUT2D eigenvalue weighted by Crippen LogP contribution is -2.33. The predicted octanol–water partition coefficient (Wildman–Crippen LogP) is 7.64. The fraction of sp³-hybridized carbons (Fsp3) is 0.103. The molecule has 5 rings (SSSR count). The zero-order valence-corrected chi connectivity index (χ0v) is 18.0. The second-order valence-electron chi connectivity index (χ2n) is 8.01. The zero-order valence-electron chi connectivity index (χ0n) is 17.3.